The molecule has 0 aliphatic heterocycles. The fraction of sp³-hybridized carbons (Fsp3) is 0.353. The molecule has 0 amide bonds. The first-order valence-electron chi connectivity index (χ1n) is 14.1. The summed E-state index contributed by atoms with van der Waals surface area (Å²) >= 11 is 0. The highest BCUT2D eigenvalue weighted by Crippen LogP contribution is 2.30. The van der Waals surface area contributed by atoms with Gasteiger partial charge in [-0.15, -0.1) is 13.2 Å². The minimum atomic E-state index is -5.21. The number of halogens is 6. The molecule has 0 bridgehead atoms. The Labute approximate surface area is 237 Å². The summed E-state index contributed by atoms with van der Waals surface area (Å²) in [7, 11) is 0. The van der Waals surface area contributed by atoms with Crippen LogP contribution in [0.5, 0.6) is 5.75 Å². The fourth-order valence-electron chi connectivity index (χ4n) is 5.08. The van der Waals surface area contributed by atoms with Gasteiger partial charge in [0.05, 0.1) is 0 Å². The zero-order valence-electron chi connectivity index (χ0n) is 23.1. The minimum Gasteiger partial charge on any atom is -0.399 e. The summed E-state index contributed by atoms with van der Waals surface area (Å²) in [4.78, 5) is 0. The third-order valence-corrected chi connectivity index (χ3v) is 7.35. The van der Waals surface area contributed by atoms with Gasteiger partial charge < -0.3 is 4.74 Å². The van der Waals surface area contributed by atoms with Crippen molar-refractivity contribution in [2.45, 2.75) is 77.5 Å². The van der Waals surface area contributed by atoms with Gasteiger partial charge in [-0.3, -0.25) is 0 Å². The molecule has 4 aromatic carbocycles. The lowest BCUT2D eigenvalue weighted by Crippen LogP contribution is -2.19. The molecule has 0 heterocycles. The van der Waals surface area contributed by atoms with E-state index in [9.17, 15) is 22.0 Å². The van der Waals surface area contributed by atoms with Crippen molar-refractivity contribution < 1.29 is 31.1 Å². The molecule has 0 aliphatic rings. The van der Waals surface area contributed by atoms with Crippen LogP contribution >= 0.6 is 0 Å². The first kappa shape index (κ1) is 30.5. The molecule has 0 N–H and O–H groups in total. The van der Waals surface area contributed by atoms with Crippen molar-refractivity contribution in [3.63, 3.8) is 0 Å². The smallest absolute Gasteiger partial charge is 0.399 e. The fourth-order valence-corrected chi connectivity index (χ4v) is 5.08. The van der Waals surface area contributed by atoms with Crippen molar-refractivity contribution in [1.82, 2.24) is 0 Å². The van der Waals surface area contributed by atoms with Crippen LogP contribution in [-0.2, 0) is 32.1 Å². The van der Waals surface area contributed by atoms with Crippen LogP contribution in [0, 0.1) is 17.5 Å². The molecule has 218 valence electrons. The number of benzene rings is 4. The molecule has 0 unspecified atom stereocenters. The first-order chi connectivity index (χ1) is 19.6. The monoisotopic (exact) mass is 572 g/mol. The second-order valence-corrected chi connectivity index (χ2v) is 10.5. The van der Waals surface area contributed by atoms with E-state index in [1.807, 2.05) is 18.2 Å². The number of unbranched alkanes of at least 4 members (excludes halogenated alkanes) is 4. The predicted octanol–water partition coefficient (Wildman–Crippen LogP) is 10.2. The Morgan fingerprint density at radius 2 is 1.17 bits per heavy atom. The molecule has 0 aromatic heterocycles. The Balaban J connectivity index is 1.34. The van der Waals surface area contributed by atoms with Gasteiger partial charge in [-0.2, -0.15) is 0 Å². The van der Waals surface area contributed by atoms with Crippen LogP contribution in [0.15, 0.2) is 66.7 Å². The maximum Gasteiger partial charge on any atom is 0.573 e. The van der Waals surface area contributed by atoms with Gasteiger partial charge in [0, 0.05) is 5.39 Å². The number of alkyl halides is 3. The van der Waals surface area contributed by atoms with Crippen LogP contribution in [0.25, 0.3) is 10.8 Å². The van der Waals surface area contributed by atoms with E-state index in [1.165, 1.54) is 43.2 Å². The highest BCUT2D eigenvalue weighted by molar-refractivity contribution is 5.84. The zero-order chi connectivity index (χ0) is 29.4. The molecule has 41 heavy (non-hydrogen) atoms. The average Bonchev–Trinajstić information content (AvgIpc) is 2.93. The van der Waals surface area contributed by atoms with Gasteiger partial charge in [-0.05, 0) is 83.9 Å². The second kappa shape index (κ2) is 13.9. The predicted molar refractivity (Wildman–Crippen MR) is 151 cm³/mol. The quantitative estimate of drug-likeness (QED) is 0.114. The molecule has 0 saturated heterocycles. The Kier molecular flexibility index (Phi) is 10.4. The Morgan fingerprint density at radius 1 is 0.585 bits per heavy atom. The lowest BCUT2D eigenvalue weighted by Gasteiger charge is -2.12. The molecule has 0 spiro atoms. The van der Waals surface area contributed by atoms with Gasteiger partial charge in [-0.1, -0.05) is 87.2 Å². The Hall–Kier alpha value is -3.48. The summed E-state index contributed by atoms with van der Waals surface area (Å²) < 4.78 is 83.8. The van der Waals surface area contributed by atoms with Gasteiger partial charge in [0.25, 0.3) is 0 Å². The van der Waals surface area contributed by atoms with Crippen molar-refractivity contribution in [3.8, 4) is 5.75 Å². The molecule has 0 aliphatic carbocycles. The second-order valence-electron chi connectivity index (χ2n) is 10.5. The Morgan fingerprint density at radius 3 is 1.83 bits per heavy atom. The van der Waals surface area contributed by atoms with E-state index in [0.717, 1.165) is 42.3 Å². The van der Waals surface area contributed by atoms with Gasteiger partial charge in [-0.25, -0.2) is 13.2 Å². The van der Waals surface area contributed by atoms with Crippen LogP contribution in [0.3, 0.4) is 0 Å². The van der Waals surface area contributed by atoms with Crippen molar-refractivity contribution >= 4 is 10.8 Å². The highest BCUT2D eigenvalue weighted by atomic mass is 19.4. The topological polar surface area (TPSA) is 9.23 Å². The van der Waals surface area contributed by atoms with Gasteiger partial charge in [0.15, 0.2) is 11.6 Å². The number of fused-ring (bicyclic) bond motifs is 1. The molecule has 4 aromatic rings. The van der Waals surface area contributed by atoms with Crippen molar-refractivity contribution in [1.29, 1.82) is 0 Å². The molecule has 0 radical (unpaired) electrons. The van der Waals surface area contributed by atoms with Gasteiger partial charge in [0.1, 0.15) is 5.82 Å². The number of hydrogen-bond acceptors (Lipinski definition) is 1. The largest absolute Gasteiger partial charge is 0.573 e. The third kappa shape index (κ3) is 8.75. The summed E-state index contributed by atoms with van der Waals surface area (Å²) in [5.41, 5.74) is 4.17. The van der Waals surface area contributed by atoms with Crippen LogP contribution in [-0.4, -0.2) is 6.36 Å². The van der Waals surface area contributed by atoms with Gasteiger partial charge in [0.2, 0.25) is 5.75 Å². The number of rotatable bonds is 13. The minimum absolute atomic E-state index is 0.0400. The zero-order valence-corrected chi connectivity index (χ0v) is 23.1. The van der Waals surface area contributed by atoms with E-state index in [0.29, 0.717) is 10.9 Å². The van der Waals surface area contributed by atoms with Crippen LogP contribution < -0.4 is 4.74 Å². The third-order valence-electron chi connectivity index (χ3n) is 7.35. The molecule has 0 atom stereocenters. The van der Waals surface area contributed by atoms with Crippen molar-refractivity contribution in [2.75, 3.05) is 0 Å². The van der Waals surface area contributed by atoms with E-state index >= 15 is 4.39 Å². The molecular weight excluding hydrogens is 538 g/mol. The molecule has 7 heteroatoms. The maximum atomic E-state index is 15.3. The lowest BCUT2D eigenvalue weighted by molar-refractivity contribution is -0.276. The lowest BCUT2D eigenvalue weighted by atomic mass is 9.97. The van der Waals surface area contributed by atoms with Crippen LogP contribution in [0.1, 0.15) is 66.8 Å². The summed E-state index contributed by atoms with van der Waals surface area (Å²) in [5, 5.41) is 1.20. The van der Waals surface area contributed by atoms with Crippen LogP contribution in [0.4, 0.5) is 26.3 Å². The normalized spacial score (nSPS) is 11.8. The number of aryl methyl sites for hydroxylation is 5. The average molecular weight is 573 g/mol. The van der Waals surface area contributed by atoms with E-state index in [4.69, 9.17) is 0 Å². The SMILES string of the molecule is CCCCCCCc1ccc(CCc2ccc3c(F)c(CCc4cc(F)c(OC(F)(F)F)c(F)c4)ccc3c2)cc1. The molecule has 1 nitrogen and oxygen atoms in total. The standard InChI is InChI=1S/C34H34F6O/c1-2-3-4-5-6-7-23-8-10-24(11-9-23)12-13-25-15-19-29-28(20-25)18-17-27(32(29)37)16-14-26-21-30(35)33(31(36)22-26)41-34(38,39)40/h8-11,15,17-22H,2-7,12-14,16H2,1H3. The van der Waals surface area contributed by atoms with Crippen molar-refractivity contribution in [2.24, 2.45) is 0 Å². The molecular formula is C34H34F6O. The first-order valence-corrected chi connectivity index (χ1v) is 14.1. The van der Waals surface area contributed by atoms with E-state index in [1.54, 1.807) is 12.1 Å². The highest BCUT2D eigenvalue weighted by Gasteiger charge is 2.34. The van der Waals surface area contributed by atoms with E-state index < -0.39 is 29.6 Å². The summed E-state index contributed by atoms with van der Waals surface area (Å²) in [5.74, 6) is -4.84. The van der Waals surface area contributed by atoms with Gasteiger partial charge >= 0.3 is 6.36 Å². The van der Waals surface area contributed by atoms with E-state index in [2.05, 4.69) is 35.9 Å². The molecule has 0 saturated carbocycles. The van der Waals surface area contributed by atoms with Crippen molar-refractivity contribution in [3.05, 3.63) is 112 Å². The maximum absolute atomic E-state index is 15.3. The number of hydrogen-bond donors (Lipinski definition) is 0. The number of ether oxygens (including phenoxy) is 1. The molecule has 0 fully saturated rings. The van der Waals surface area contributed by atoms with E-state index in [-0.39, 0.29) is 18.4 Å². The Bertz CT molecular complexity index is 1420. The molecule has 4 rings (SSSR count). The summed E-state index contributed by atoms with van der Waals surface area (Å²) in [6.45, 7) is 2.22. The summed E-state index contributed by atoms with van der Waals surface area (Å²) in [6.07, 6.45) is 4.11. The van der Waals surface area contributed by atoms with Crippen LogP contribution in [0.2, 0.25) is 0 Å². The summed E-state index contributed by atoms with van der Waals surface area (Å²) in [6, 6.07) is 19.4.